The maximum absolute atomic E-state index is 12.2. The summed E-state index contributed by atoms with van der Waals surface area (Å²) in [4.78, 5) is 35.0. The van der Waals surface area contributed by atoms with Gasteiger partial charge in [-0.15, -0.1) is 0 Å². The van der Waals surface area contributed by atoms with Crippen LogP contribution in [-0.4, -0.2) is 22.3 Å². The molecular weight excluding hydrogens is 383 g/mol. The molecule has 0 aromatic heterocycles. The fourth-order valence-electron chi connectivity index (χ4n) is 2.35. The van der Waals surface area contributed by atoms with E-state index in [-0.39, 0.29) is 17.1 Å². The van der Waals surface area contributed by atoms with E-state index in [9.17, 15) is 14.4 Å². The molecule has 0 bridgehead atoms. The summed E-state index contributed by atoms with van der Waals surface area (Å²) in [6.07, 6.45) is 0.445. The average Bonchev–Trinajstić information content (AvgIpc) is 2.86. The molecule has 1 heterocycles. The summed E-state index contributed by atoms with van der Waals surface area (Å²) < 4.78 is 0. The minimum absolute atomic E-state index is 0.273. The molecule has 8 heteroatoms. The van der Waals surface area contributed by atoms with Gasteiger partial charge in [0.2, 0.25) is 5.91 Å². The van der Waals surface area contributed by atoms with Crippen LogP contribution >= 0.6 is 35.0 Å². The van der Waals surface area contributed by atoms with E-state index >= 15 is 0 Å². The van der Waals surface area contributed by atoms with Gasteiger partial charge in [0.1, 0.15) is 0 Å². The van der Waals surface area contributed by atoms with Crippen molar-refractivity contribution in [3.05, 3.63) is 63.6 Å². The van der Waals surface area contributed by atoms with Crippen molar-refractivity contribution in [2.45, 2.75) is 11.7 Å². The van der Waals surface area contributed by atoms with E-state index < -0.39 is 5.25 Å². The van der Waals surface area contributed by atoms with Crippen LogP contribution in [-0.2, 0) is 11.2 Å². The van der Waals surface area contributed by atoms with Crippen molar-refractivity contribution in [2.75, 3.05) is 5.32 Å². The molecule has 0 radical (unpaired) electrons. The van der Waals surface area contributed by atoms with Crippen LogP contribution in [0.25, 0.3) is 0 Å². The van der Waals surface area contributed by atoms with Crippen molar-refractivity contribution in [1.82, 2.24) is 5.32 Å². The van der Waals surface area contributed by atoms with Crippen molar-refractivity contribution in [1.29, 1.82) is 0 Å². The van der Waals surface area contributed by atoms with Crippen LogP contribution in [0.3, 0.4) is 0 Å². The molecule has 128 valence electrons. The maximum atomic E-state index is 12.2. The Morgan fingerprint density at radius 3 is 2.28 bits per heavy atom. The third-order valence-corrected chi connectivity index (χ3v) is 4.94. The number of rotatable bonds is 4. The predicted molar refractivity (Wildman–Crippen MR) is 99.5 cm³/mol. The van der Waals surface area contributed by atoms with Gasteiger partial charge in [0.15, 0.2) is 0 Å². The summed E-state index contributed by atoms with van der Waals surface area (Å²) in [5.41, 5.74) is 1.86. The Kier molecular flexibility index (Phi) is 5.32. The lowest BCUT2D eigenvalue weighted by Crippen LogP contribution is -2.25. The van der Waals surface area contributed by atoms with Gasteiger partial charge in [0.25, 0.3) is 11.1 Å². The Bertz CT molecular complexity index is 835. The quantitative estimate of drug-likeness (QED) is 0.816. The Morgan fingerprint density at radius 1 is 1.08 bits per heavy atom. The topological polar surface area (TPSA) is 75.3 Å². The molecule has 0 spiro atoms. The number of carbonyl (C=O) groups is 3. The fraction of sp³-hybridized carbons (Fsp3) is 0.118. The first-order chi connectivity index (χ1) is 11.9. The van der Waals surface area contributed by atoms with Crippen LogP contribution in [0.1, 0.15) is 15.9 Å². The number of benzene rings is 2. The van der Waals surface area contributed by atoms with Crippen LogP contribution < -0.4 is 10.6 Å². The van der Waals surface area contributed by atoms with Gasteiger partial charge in [0.05, 0.1) is 5.25 Å². The smallest absolute Gasteiger partial charge is 0.286 e. The Balaban J connectivity index is 1.65. The molecule has 1 aliphatic heterocycles. The Labute approximate surface area is 158 Å². The first-order valence-corrected chi connectivity index (χ1v) is 8.92. The summed E-state index contributed by atoms with van der Waals surface area (Å²) in [7, 11) is 0. The molecule has 1 saturated heterocycles. The molecule has 25 heavy (non-hydrogen) atoms. The summed E-state index contributed by atoms with van der Waals surface area (Å²) in [6, 6.07) is 11.7. The molecule has 1 unspecified atom stereocenters. The van der Waals surface area contributed by atoms with Gasteiger partial charge >= 0.3 is 0 Å². The van der Waals surface area contributed by atoms with Crippen LogP contribution in [0.4, 0.5) is 10.5 Å². The third kappa shape index (κ3) is 4.54. The molecule has 3 rings (SSSR count). The van der Waals surface area contributed by atoms with E-state index in [1.54, 1.807) is 30.3 Å². The number of halogens is 2. The molecule has 1 aliphatic rings. The monoisotopic (exact) mass is 394 g/mol. The average molecular weight is 395 g/mol. The predicted octanol–water partition coefficient (Wildman–Crippen LogP) is 4.14. The lowest BCUT2D eigenvalue weighted by Gasteiger charge is -2.09. The summed E-state index contributed by atoms with van der Waals surface area (Å²) in [5, 5.41) is 5.05. The van der Waals surface area contributed by atoms with Crippen LogP contribution in [0.2, 0.25) is 10.0 Å². The van der Waals surface area contributed by atoms with Gasteiger partial charge in [0, 0.05) is 21.3 Å². The number of carbonyl (C=O) groups excluding carboxylic acids is 3. The van der Waals surface area contributed by atoms with E-state index in [1.807, 2.05) is 0 Å². The first-order valence-electron chi connectivity index (χ1n) is 7.28. The molecule has 2 aromatic rings. The van der Waals surface area contributed by atoms with Gasteiger partial charge in [-0.1, -0.05) is 47.1 Å². The van der Waals surface area contributed by atoms with Crippen LogP contribution in [0.15, 0.2) is 42.5 Å². The summed E-state index contributed by atoms with van der Waals surface area (Å²) in [5.74, 6) is -0.598. The molecule has 0 aliphatic carbocycles. The van der Waals surface area contributed by atoms with Crippen molar-refractivity contribution >= 4 is 57.7 Å². The minimum Gasteiger partial charge on any atom is -0.322 e. The van der Waals surface area contributed by atoms with E-state index in [4.69, 9.17) is 23.2 Å². The summed E-state index contributed by atoms with van der Waals surface area (Å²) in [6.45, 7) is 0. The van der Waals surface area contributed by atoms with Crippen molar-refractivity contribution < 1.29 is 14.4 Å². The standard InChI is InChI=1S/C17H12Cl2N2O3S/c18-11-6-10(7-12(19)8-11)15(22)20-13-3-1-9(2-4-13)5-14-16(23)21-17(24)25-14/h1-4,6-8,14H,5H2,(H,20,22)(H,21,23,24). The number of hydrogen-bond acceptors (Lipinski definition) is 4. The zero-order valence-corrected chi connectivity index (χ0v) is 15.0. The highest BCUT2D eigenvalue weighted by atomic mass is 35.5. The normalized spacial score (nSPS) is 16.6. The SMILES string of the molecule is O=C1NC(=O)C(Cc2ccc(NC(=O)c3cc(Cl)cc(Cl)c3)cc2)S1. The number of imide groups is 1. The van der Waals surface area contributed by atoms with E-state index in [1.165, 1.54) is 12.1 Å². The number of amides is 3. The van der Waals surface area contributed by atoms with E-state index in [0.717, 1.165) is 17.3 Å². The molecule has 3 amide bonds. The van der Waals surface area contributed by atoms with E-state index in [0.29, 0.717) is 27.7 Å². The zero-order valence-electron chi connectivity index (χ0n) is 12.7. The molecule has 5 nitrogen and oxygen atoms in total. The molecule has 0 saturated carbocycles. The van der Waals surface area contributed by atoms with Gasteiger partial charge in [-0.25, -0.2) is 0 Å². The van der Waals surface area contributed by atoms with Crippen molar-refractivity contribution in [2.24, 2.45) is 0 Å². The van der Waals surface area contributed by atoms with Crippen molar-refractivity contribution in [3.8, 4) is 0 Å². The highest BCUT2D eigenvalue weighted by Gasteiger charge is 2.31. The maximum Gasteiger partial charge on any atom is 0.286 e. The van der Waals surface area contributed by atoms with Gasteiger partial charge < -0.3 is 5.32 Å². The molecule has 2 N–H and O–H groups in total. The fourth-order valence-corrected chi connectivity index (χ4v) is 3.74. The highest BCUT2D eigenvalue weighted by Crippen LogP contribution is 2.24. The first kappa shape index (κ1) is 17.8. The lowest BCUT2D eigenvalue weighted by atomic mass is 10.1. The second kappa shape index (κ2) is 7.47. The van der Waals surface area contributed by atoms with Crippen LogP contribution in [0, 0.1) is 0 Å². The van der Waals surface area contributed by atoms with Gasteiger partial charge in [-0.3, -0.25) is 19.7 Å². The molecule has 1 atom stereocenters. The van der Waals surface area contributed by atoms with Gasteiger partial charge in [-0.2, -0.15) is 0 Å². The zero-order chi connectivity index (χ0) is 18.0. The Hall–Kier alpha value is -2.02. The second-order valence-electron chi connectivity index (χ2n) is 5.40. The minimum atomic E-state index is -0.415. The molecular formula is C17H12Cl2N2O3S. The Morgan fingerprint density at radius 2 is 1.72 bits per heavy atom. The van der Waals surface area contributed by atoms with Crippen LogP contribution in [0.5, 0.6) is 0 Å². The summed E-state index contributed by atoms with van der Waals surface area (Å²) >= 11 is 12.8. The van der Waals surface area contributed by atoms with Crippen molar-refractivity contribution in [3.63, 3.8) is 0 Å². The molecule has 2 aromatic carbocycles. The number of anilines is 1. The van der Waals surface area contributed by atoms with Gasteiger partial charge in [-0.05, 0) is 42.3 Å². The lowest BCUT2D eigenvalue weighted by molar-refractivity contribution is -0.118. The van der Waals surface area contributed by atoms with E-state index in [2.05, 4.69) is 10.6 Å². The third-order valence-electron chi connectivity index (χ3n) is 3.52. The second-order valence-corrected chi connectivity index (χ2v) is 7.44. The largest absolute Gasteiger partial charge is 0.322 e. The number of nitrogens with one attached hydrogen (secondary N) is 2. The number of hydrogen-bond donors (Lipinski definition) is 2. The molecule has 1 fully saturated rings. The number of thioether (sulfide) groups is 1. The highest BCUT2D eigenvalue weighted by molar-refractivity contribution is 8.15.